The number of methoxy groups -OCH3 is 1. The van der Waals surface area contributed by atoms with Crippen molar-refractivity contribution in [3.05, 3.63) is 90.0 Å². The summed E-state index contributed by atoms with van der Waals surface area (Å²) >= 11 is 0. The minimum absolute atomic E-state index is 0.102. The van der Waals surface area contributed by atoms with Crippen LogP contribution in [0.5, 0.6) is 5.75 Å². The van der Waals surface area contributed by atoms with Crippen LogP contribution in [-0.2, 0) is 4.79 Å². The average molecular weight is 430 g/mol. The number of anilines is 2. The number of nitrogens with zero attached hydrogens (tertiary/aromatic N) is 2. The number of carbonyl (C=O) groups excluding carboxylic acids is 2. The first-order valence-electron chi connectivity index (χ1n) is 10.7. The number of ketones is 1. The van der Waals surface area contributed by atoms with Gasteiger partial charge in [0.1, 0.15) is 5.75 Å². The summed E-state index contributed by atoms with van der Waals surface area (Å²) in [7, 11) is 1.66. The Morgan fingerprint density at radius 3 is 2.19 bits per heavy atom. The van der Waals surface area contributed by atoms with E-state index in [0.29, 0.717) is 23.4 Å². The molecule has 1 saturated heterocycles. The van der Waals surface area contributed by atoms with Crippen molar-refractivity contribution >= 4 is 23.1 Å². The zero-order valence-corrected chi connectivity index (χ0v) is 18.2. The summed E-state index contributed by atoms with van der Waals surface area (Å²) in [6.45, 7) is 3.59. The highest BCUT2D eigenvalue weighted by Crippen LogP contribution is 2.21. The summed E-state index contributed by atoms with van der Waals surface area (Å²) in [6.07, 6.45) is 0. The molecule has 3 aromatic carbocycles. The maximum Gasteiger partial charge on any atom is 0.238 e. The number of rotatable bonds is 7. The van der Waals surface area contributed by atoms with Crippen LogP contribution in [-0.4, -0.2) is 56.4 Å². The van der Waals surface area contributed by atoms with Gasteiger partial charge in [-0.05, 0) is 36.4 Å². The van der Waals surface area contributed by atoms with E-state index in [9.17, 15) is 9.59 Å². The summed E-state index contributed by atoms with van der Waals surface area (Å²) in [5.41, 5.74) is 2.80. The van der Waals surface area contributed by atoms with E-state index < -0.39 is 0 Å². The number of ether oxygens (including phenoxy) is 1. The third-order valence-electron chi connectivity index (χ3n) is 5.66. The molecule has 32 heavy (non-hydrogen) atoms. The Morgan fingerprint density at radius 2 is 1.50 bits per heavy atom. The van der Waals surface area contributed by atoms with Gasteiger partial charge in [0, 0.05) is 43.0 Å². The van der Waals surface area contributed by atoms with Gasteiger partial charge in [0.2, 0.25) is 5.91 Å². The van der Waals surface area contributed by atoms with Crippen LogP contribution in [0.25, 0.3) is 0 Å². The Labute approximate surface area is 188 Å². The summed E-state index contributed by atoms with van der Waals surface area (Å²) in [5.74, 6) is 0.626. The molecule has 3 aromatic rings. The molecule has 6 nitrogen and oxygen atoms in total. The maximum absolute atomic E-state index is 12.9. The molecule has 1 aliphatic heterocycles. The van der Waals surface area contributed by atoms with Crippen LogP contribution < -0.4 is 15.0 Å². The van der Waals surface area contributed by atoms with Crippen LogP contribution in [0.3, 0.4) is 0 Å². The van der Waals surface area contributed by atoms with Crippen LogP contribution in [0, 0.1) is 0 Å². The van der Waals surface area contributed by atoms with Crippen molar-refractivity contribution in [3.8, 4) is 5.75 Å². The van der Waals surface area contributed by atoms with E-state index in [1.54, 1.807) is 31.4 Å². The standard InChI is InChI=1S/C26H27N3O3/c1-32-22-13-11-21(12-14-22)29-17-15-28(16-18-29)19-25(30)27-24-10-6-5-9-23(24)26(31)20-7-3-2-4-8-20/h2-14H,15-19H2,1H3,(H,27,30). The molecule has 0 aliphatic carbocycles. The summed E-state index contributed by atoms with van der Waals surface area (Å²) < 4.78 is 5.22. The fourth-order valence-electron chi connectivity index (χ4n) is 3.89. The molecule has 1 amide bonds. The van der Waals surface area contributed by atoms with Gasteiger partial charge in [-0.2, -0.15) is 0 Å². The van der Waals surface area contributed by atoms with E-state index in [1.807, 2.05) is 42.5 Å². The van der Waals surface area contributed by atoms with Crippen LogP contribution in [0.4, 0.5) is 11.4 Å². The average Bonchev–Trinajstić information content (AvgIpc) is 2.85. The number of hydrogen-bond donors (Lipinski definition) is 1. The van der Waals surface area contributed by atoms with Gasteiger partial charge < -0.3 is 15.0 Å². The first kappa shape index (κ1) is 21.6. The second-order valence-electron chi connectivity index (χ2n) is 7.75. The third kappa shape index (κ3) is 5.15. The first-order chi connectivity index (χ1) is 15.6. The van der Waals surface area contributed by atoms with E-state index in [1.165, 1.54) is 0 Å². The summed E-state index contributed by atoms with van der Waals surface area (Å²) in [4.78, 5) is 30.0. The minimum Gasteiger partial charge on any atom is -0.497 e. The monoisotopic (exact) mass is 429 g/mol. The van der Waals surface area contributed by atoms with Crippen molar-refractivity contribution in [3.63, 3.8) is 0 Å². The van der Waals surface area contributed by atoms with Crippen LogP contribution >= 0.6 is 0 Å². The van der Waals surface area contributed by atoms with E-state index in [-0.39, 0.29) is 11.7 Å². The van der Waals surface area contributed by atoms with Crippen LogP contribution in [0.1, 0.15) is 15.9 Å². The molecule has 1 heterocycles. The van der Waals surface area contributed by atoms with Gasteiger partial charge in [-0.3, -0.25) is 14.5 Å². The molecule has 6 heteroatoms. The van der Waals surface area contributed by atoms with E-state index >= 15 is 0 Å². The number of benzene rings is 3. The topological polar surface area (TPSA) is 61.9 Å². The smallest absolute Gasteiger partial charge is 0.238 e. The molecule has 0 radical (unpaired) electrons. The van der Waals surface area contributed by atoms with Crippen LogP contribution in [0.2, 0.25) is 0 Å². The summed E-state index contributed by atoms with van der Waals surface area (Å²) in [6, 6.07) is 24.3. The lowest BCUT2D eigenvalue weighted by atomic mass is 10.0. The Balaban J connectivity index is 1.33. The highest BCUT2D eigenvalue weighted by Gasteiger charge is 2.20. The Kier molecular flexibility index (Phi) is 6.82. The number of amides is 1. The number of para-hydroxylation sites is 1. The molecule has 0 spiro atoms. The lowest BCUT2D eigenvalue weighted by molar-refractivity contribution is -0.117. The predicted molar refractivity (Wildman–Crippen MR) is 127 cm³/mol. The zero-order chi connectivity index (χ0) is 22.3. The largest absolute Gasteiger partial charge is 0.497 e. The molecule has 0 atom stereocenters. The fourth-order valence-corrected chi connectivity index (χ4v) is 3.89. The molecule has 1 fully saturated rings. The van der Waals surface area contributed by atoms with Crippen LogP contribution in [0.15, 0.2) is 78.9 Å². The lowest BCUT2D eigenvalue weighted by Crippen LogP contribution is -2.48. The second kappa shape index (κ2) is 10.1. The number of nitrogens with one attached hydrogen (secondary N) is 1. The highest BCUT2D eigenvalue weighted by molar-refractivity contribution is 6.13. The minimum atomic E-state index is -0.115. The van der Waals surface area contributed by atoms with Gasteiger partial charge in [0.05, 0.1) is 19.3 Å². The van der Waals surface area contributed by atoms with E-state index in [4.69, 9.17) is 4.74 Å². The molecule has 0 bridgehead atoms. The molecule has 4 rings (SSSR count). The lowest BCUT2D eigenvalue weighted by Gasteiger charge is -2.35. The Bertz CT molecular complexity index is 1060. The van der Waals surface area contributed by atoms with Crippen molar-refractivity contribution in [2.75, 3.05) is 50.1 Å². The molecule has 164 valence electrons. The van der Waals surface area contributed by atoms with E-state index in [0.717, 1.165) is 37.6 Å². The Hall–Kier alpha value is -3.64. The van der Waals surface area contributed by atoms with Gasteiger partial charge >= 0.3 is 0 Å². The molecule has 0 aromatic heterocycles. The fraction of sp³-hybridized carbons (Fsp3) is 0.231. The van der Waals surface area contributed by atoms with Gasteiger partial charge in [0.25, 0.3) is 0 Å². The third-order valence-corrected chi connectivity index (χ3v) is 5.66. The molecular formula is C26H27N3O3. The van der Waals surface area contributed by atoms with Crippen molar-refractivity contribution in [1.29, 1.82) is 0 Å². The Morgan fingerprint density at radius 1 is 0.844 bits per heavy atom. The van der Waals surface area contributed by atoms with Crippen molar-refractivity contribution < 1.29 is 14.3 Å². The molecular weight excluding hydrogens is 402 g/mol. The maximum atomic E-state index is 12.9. The van der Waals surface area contributed by atoms with Crippen molar-refractivity contribution in [2.24, 2.45) is 0 Å². The molecule has 1 aliphatic rings. The first-order valence-corrected chi connectivity index (χ1v) is 10.7. The SMILES string of the molecule is COc1ccc(N2CCN(CC(=O)Nc3ccccc3C(=O)c3ccccc3)CC2)cc1. The normalized spacial score (nSPS) is 14.1. The van der Waals surface area contributed by atoms with Gasteiger partial charge in [-0.25, -0.2) is 0 Å². The van der Waals surface area contributed by atoms with E-state index in [2.05, 4.69) is 27.2 Å². The molecule has 0 unspecified atom stereocenters. The number of piperazine rings is 1. The summed E-state index contributed by atoms with van der Waals surface area (Å²) in [5, 5.41) is 2.94. The predicted octanol–water partition coefficient (Wildman–Crippen LogP) is 3.69. The van der Waals surface area contributed by atoms with Crippen molar-refractivity contribution in [2.45, 2.75) is 0 Å². The molecule has 1 N–H and O–H groups in total. The number of carbonyl (C=O) groups is 2. The quantitative estimate of drug-likeness (QED) is 0.581. The van der Waals surface area contributed by atoms with Gasteiger partial charge in [0.15, 0.2) is 5.78 Å². The number of hydrogen-bond acceptors (Lipinski definition) is 5. The zero-order valence-electron chi connectivity index (χ0n) is 18.2. The highest BCUT2D eigenvalue weighted by atomic mass is 16.5. The van der Waals surface area contributed by atoms with Crippen molar-refractivity contribution in [1.82, 2.24) is 4.90 Å². The second-order valence-corrected chi connectivity index (χ2v) is 7.75. The van der Waals surface area contributed by atoms with Gasteiger partial charge in [-0.15, -0.1) is 0 Å². The van der Waals surface area contributed by atoms with Gasteiger partial charge in [-0.1, -0.05) is 42.5 Å². The molecule has 0 saturated carbocycles.